The van der Waals surface area contributed by atoms with E-state index in [2.05, 4.69) is 21.9 Å². The van der Waals surface area contributed by atoms with E-state index in [4.69, 9.17) is 0 Å². The monoisotopic (exact) mass is 358 g/mol. The van der Waals surface area contributed by atoms with Crippen molar-refractivity contribution in [3.05, 3.63) is 62.8 Å². The Kier molecular flexibility index (Phi) is 5.58. The van der Waals surface area contributed by atoms with Crippen LogP contribution in [-0.4, -0.2) is 58.0 Å². The maximum atomic E-state index is 12.1. The van der Waals surface area contributed by atoms with Crippen LogP contribution in [0.3, 0.4) is 0 Å². The van der Waals surface area contributed by atoms with E-state index in [-0.39, 0.29) is 23.9 Å². The van der Waals surface area contributed by atoms with Gasteiger partial charge in [-0.25, -0.2) is 4.79 Å². The molecular formula is C19H26N4O3. The van der Waals surface area contributed by atoms with Crippen LogP contribution >= 0.6 is 0 Å². The summed E-state index contributed by atoms with van der Waals surface area (Å²) >= 11 is 0. The molecule has 0 aliphatic carbocycles. The zero-order valence-electron chi connectivity index (χ0n) is 15.3. The van der Waals surface area contributed by atoms with Gasteiger partial charge in [-0.05, 0) is 12.0 Å². The number of anilines is 1. The first-order valence-electron chi connectivity index (χ1n) is 8.92. The number of piperazine rings is 1. The lowest BCUT2D eigenvalue weighted by Gasteiger charge is -2.40. The Hall–Kier alpha value is -2.38. The fraction of sp³-hybridized carbons (Fsp3) is 0.474. The third-order valence-electron chi connectivity index (χ3n) is 5.18. The maximum absolute atomic E-state index is 12.1. The molecule has 7 heteroatoms. The van der Waals surface area contributed by atoms with Gasteiger partial charge >= 0.3 is 5.69 Å². The van der Waals surface area contributed by atoms with Crippen LogP contribution in [0.1, 0.15) is 5.56 Å². The molecule has 1 saturated heterocycles. The SMILES string of the molecule is Cn1c(N2CCN(C(CO)Cc3ccccc3)CC2)cc(=O)n(C)c1=O. The number of aromatic nitrogens is 2. The summed E-state index contributed by atoms with van der Waals surface area (Å²) < 4.78 is 2.63. The molecule has 1 aliphatic heterocycles. The topological polar surface area (TPSA) is 70.7 Å². The summed E-state index contributed by atoms with van der Waals surface area (Å²) in [6, 6.07) is 11.8. The van der Waals surface area contributed by atoms with Gasteiger partial charge in [0.05, 0.1) is 6.61 Å². The Morgan fingerprint density at radius 1 is 1.00 bits per heavy atom. The predicted molar refractivity (Wildman–Crippen MR) is 102 cm³/mol. The van der Waals surface area contributed by atoms with Crippen molar-refractivity contribution in [1.29, 1.82) is 0 Å². The van der Waals surface area contributed by atoms with E-state index in [0.29, 0.717) is 18.9 Å². The van der Waals surface area contributed by atoms with E-state index in [0.717, 1.165) is 24.1 Å². The highest BCUT2D eigenvalue weighted by atomic mass is 16.3. The first-order valence-corrected chi connectivity index (χ1v) is 8.92. The Morgan fingerprint density at radius 3 is 2.27 bits per heavy atom. The van der Waals surface area contributed by atoms with Crippen molar-refractivity contribution in [2.24, 2.45) is 14.1 Å². The Balaban J connectivity index is 1.69. The van der Waals surface area contributed by atoms with Crippen molar-refractivity contribution in [2.45, 2.75) is 12.5 Å². The minimum Gasteiger partial charge on any atom is -0.395 e. The average Bonchev–Trinajstić information content (AvgIpc) is 2.68. The first kappa shape index (κ1) is 18.4. The van der Waals surface area contributed by atoms with Crippen molar-refractivity contribution in [3.8, 4) is 0 Å². The Labute approximate surface area is 152 Å². The molecule has 26 heavy (non-hydrogen) atoms. The number of benzene rings is 1. The molecule has 0 bridgehead atoms. The molecule has 7 nitrogen and oxygen atoms in total. The van der Waals surface area contributed by atoms with Crippen molar-refractivity contribution in [2.75, 3.05) is 37.7 Å². The van der Waals surface area contributed by atoms with Crippen molar-refractivity contribution < 1.29 is 5.11 Å². The van der Waals surface area contributed by atoms with Gasteiger partial charge in [0.1, 0.15) is 5.82 Å². The zero-order valence-corrected chi connectivity index (χ0v) is 15.3. The van der Waals surface area contributed by atoms with E-state index < -0.39 is 0 Å². The maximum Gasteiger partial charge on any atom is 0.332 e. The molecule has 0 radical (unpaired) electrons. The molecular weight excluding hydrogens is 332 g/mol. The van der Waals surface area contributed by atoms with E-state index in [1.54, 1.807) is 7.05 Å². The summed E-state index contributed by atoms with van der Waals surface area (Å²) in [7, 11) is 3.18. The fourth-order valence-electron chi connectivity index (χ4n) is 3.54. The third kappa shape index (κ3) is 3.73. The predicted octanol–water partition coefficient (Wildman–Crippen LogP) is -0.190. The lowest BCUT2D eigenvalue weighted by atomic mass is 10.0. The molecule has 1 aromatic carbocycles. The van der Waals surface area contributed by atoms with Gasteiger partial charge in [0.25, 0.3) is 5.56 Å². The Bertz CT molecular complexity index is 851. The van der Waals surface area contributed by atoms with Gasteiger partial charge in [0.2, 0.25) is 0 Å². The highest BCUT2D eigenvalue weighted by molar-refractivity contribution is 5.39. The summed E-state index contributed by atoms with van der Waals surface area (Å²) in [4.78, 5) is 28.4. The average molecular weight is 358 g/mol. The lowest BCUT2D eigenvalue weighted by molar-refractivity contribution is 0.116. The summed E-state index contributed by atoms with van der Waals surface area (Å²) in [6.45, 7) is 3.10. The molecule has 1 unspecified atom stereocenters. The summed E-state index contributed by atoms with van der Waals surface area (Å²) in [6.07, 6.45) is 0.807. The van der Waals surface area contributed by atoms with Crippen LogP contribution in [-0.2, 0) is 20.5 Å². The minimum absolute atomic E-state index is 0.0759. The van der Waals surface area contributed by atoms with Gasteiger partial charge in [-0.1, -0.05) is 30.3 Å². The van der Waals surface area contributed by atoms with Gasteiger partial charge in [-0.3, -0.25) is 18.8 Å². The highest BCUT2D eigenvalue weighted by Gasteiger charge is 2.25. The van der Waals surface area contributed by atoms with Crippen molar-refractivity contribution in [3.63, 3.8) is 0 Å². The van der Waals surface area contributed by atoms with Gasteiger partial charge in [0, 0.05) is 52.4 Å². The first-order chi connectivity index (χ1) is 12.5. The number of hydrogen-bond donors (Lipinski definition) is 1. The molecule has 1 aromatic heterocycles. The molecule has 1 aliphatic rings. The normalized spacial score (nSPS) is 16.7. The van der Waals surface area contributed by atoms with Crippen LogP contribution in [0.25, 0.3) is 0 Å². The smallest absolute Gasteiger partial charge is 0.332 e. The van der Waals surface area contributed by atoms with Crippen LogP contribution in [0.2, 0.25) is 0 Å². The molecule has 0 amide bonds. The van der Waals surface area contributed by atoms with E-state index in [1.807, 2.05) is 18.2 Å². The van der Waals surface area contributed by atoms with Gasteiger partial charge in [-0.15, -0.1) is 0 Å². The summed E-state index contributed by atoms with van der Waals surface area (Å²) in [5.41, 5.74) is 0.609. The van der Waals surface area contributed by atoms with Crippen molar-refractivity contribution >= 4 is 5.82 Å². The Morgan fingerprint density at radius 2 is 1.65 bits per heavy atom. The van der Waals surface area contributed by atoms with Gasteiger partial charge < -0.3 is 10.0 Å². The second kappa shape index (κ2) is 7.88. The van der Waals surface area contributed by atoms with Crippen LogP contribution in [0.15, 0.2) is 46.0 Å². The molecule has 1 N–H and O–H groups in total. The molecule has 2 heterocycles. The molecule has 0 saturated carbocycles. The van der Waals surface area contributed by atoms with E-state index in [9.17, 15) is 14.7 Å². The minimum atomic E-state index is -0.313. The third-order valence-corrected chi connectivity index (χ3v) is 5.18. The summed E-state index contributed by atoms with van der Waals surface area (Å²) in [5.74, 6) is 0.654. The lowest BCUT2D eigenvalue weighted by Crippen LogP contribution is -2.53. The van der Waals surface area contributed by atoms with Gasteiger partial charge in [-0.2, -0.15) is 0 Å². The van der Waals surface area contributed by atoms with E-state index in [1.165, 1.54) is 23.2 Å². The van der Waals surface area contributed by atoms with Crippen LogP contribution in [0.4, 0.5) is 5.82 Å². The quantitative estimate of drug-likeness (QED) is 0.802. The van der Waals surface area contributed by atoms with E-state index >= 15 is 0 Å². The van der Waals surface area contributed by atoms with Crippen molar-refractivity contribution in [1.82, 2.24) is 14.0 Å². The number of aliphatic hydroxyl groups is 1. The second-order valence-corrected chi connectivity index (χ2v) is 6.79. The molecule has 2 aromatic rings. The zero-order chi connectivity index (χ0) is 18.7. The highest BCUT2D eigenvalue weighted by Crippen LogP contribution is 2.16. The number of hydrogen-bond acceptors (Lipinski definition) is 5. The summed E-state index contributed by atoms with van der Waals surface area (Å²) in [5, 5.41) is 9.83. The standard InChI is InChI=1S/C19H26N4O3/c1-20-17(13-18(25)21(2)19(20)26)23-10-8-22(9-11-23)16(14-24)12-15-6-4-3-5-7-15/h3-7,13,16,24H,8-12,14H2,1-2H3. The largest absolute Gasteiger partial charge is 0.395 e. The van der Waals surface area contributed by atoms with Crippen LogP contribution in [0.5, 0.6) is 0 Å². The molecule has 1 fully saturated rings. The number of rotatable bonds is 5. The molecule has 140 valence electrons. The molecule has 0 spiro atoms. The van der Waals surface area contributed by atoms with Gasteiger partial charge in [0.15, 0.2) is 0 Å². The van der Waals surface area contributed by atoms with Crippen LogP contribution < -0.4 is 16.1 Å². The van der Waals surface area contributed by atoms with Crippen LogP contribution in [0, 0.1) is 0 Å². The number of nitrogens with zero attached hydrogens (tertiary/aromatic N) is 4. The molecule has 1 atom stereocenters. The second-order valence-electron chi connectivity index (χ2n) is 6.79. The number of aliphatic hydroxyl groups excluding tert-OH is 1. The molecule has 3 rings (SSSR count). The fourth-order valence-corrected chi connectivity index (χ4v) is 3.54.